The van der Waals surface area contributed by atoms with E-state index in [9.17, 15) is 0 Å². The molecule has 0 heterocycles. The molecule has 1 saturated carbocycles. The Labute approximate surface area is 101 Å². The second kappa shape index (κ2) is 5.07. The Morgan fingerprint density at radius 1 is 1.44 bits per heavy atom. The van der Waals surface area contributed by atoms with Crippen LogP contribution in [0.3, 0.4) is 0 Å². The minimum atomic E-state index is 0.125. The van der Waals surface area contributed by atoms with Gasteiger partial charge >= 0.3 is 0 Å². The van der Waals surface area contributed by atoms with Crippen LogP contribution in [0.1, 0.15) is 24.0 Å². The van der Waals surface area contributed by atoms with Crippen molar-refractivity contribution in [1.82, 2.24) is 0 Å². The van der Waals surface area contributed by atoms with Crippen LogP contribution in [0.25, 0.3) is 0 Å². The summed E-state index contributed by atoms with van der Waals surface area (Å²) in [6.45, 7) is 2.87. The summed E-state index contributed by atoms with van der Waals surface area (Å²) in [6, 6.07) is 3.94. The summed E-state index contributed by atoms with van der Waals surface area (Å²) in [5, 5.41) is 9.67. The van der Waals surface area contributed by atoms with Crippen LogP contribution in [0.5, 0.6) is 5.75 Å². The lowest BCUT2D eigenvalue weighted by atomic mass is 10.1. The normalized spacial score (nSPS) is 15.2. The van der Waals surface area contributed by atoms with Gasteiger partial charge in [0.25, 0.3) is 0 Å². The number of aryl methyl sites for hydroxylation is 1. The van der Waals surface area contributed by atoms with E-state index < -0.39 is 0 Å². The zero-order valence-corrected chi connectivity index (χ0v) is 10.3. The van der Waals surface area contributed by atoms with E-state index in [1.165, 1.54) is 12.8 Å². The summed E-state index contributed by atoms with van der Waals surface area (Å²) in [7, 11) is 0. The number of aliphatic hydroxyl groups excluding tert-OH is 1. The third kappa shape index (κ3) is 2.89. The molecule has 1 aliphatic carbocycles. The van der Waals surface area contributed by atoms with E-state index in [4.69, 9.17) is 21.4 Å². The minimum Gasteiger partial charge on any atom is -0.491 e. The highest BCUT2D eigenvalue weighted by Crippen LogP contribution is 2.34. The zero-order valence-electron chi connectivity index (χ0n) is 9.50. The predicted molar refractivity (Wildman–Crippen MR) is 65.2 cm³/mol. The molecule has 0 bridgehead atoms. The van der Waals surface area contributed by atoms with Gasteiger partial charge in [-0.1, -0.05) is 17.7 Å². The molecule has 0 unspecified atom stereocenters. The van der Waals surface area contributed by atoms with Gasteiger partial charge in [-0.05, 0) is 49.3 Å². The van der Waals surface area contributed by atoms with Gasteiger partial charge in [0.05, 0.1) is 11.6 Å². The highest BCUT2D eigenvalue weighted by atomic mass is 35.5. The molecule has 0 amide bonds. The van der Waals surface area contributed by atoms with Crippen molar-refractivity contribution in [1.29, 1.82) is 0 Å². The van der Waals surface area contributed by atoms with Gasteiger partial charge in [-0.2, -0.15) is 0 Å². The van der Waals surface area contributed by atoms with Crippen molar-refractivity contribution in [3.05, 3.63) is 28.3 Å². The molecule has 2 rings (SSSR count). The molecule has 1 fully saturated rings. The summed E-state index contributed by atoms with van der Waals surface area (Å²) < 4.78 is 5.76. The van der Waals surface area contributed by atoms with E-state index in [1.807, 2.05) is 19.1 Å². The molecule has 16 heavy (non-hydrogen) atoms. The molecule has 1 aromatic rings. The van der Waals surface area contributed by atoms with Crippen LogP contribution in [0, 0.1) is 12.8 Å². The largest absolute Gasteiger partial charge is 0.491 e. The summed E-state index contributed by atoms with van der Waals surface area (Å²) in [6.07, 6.45) is 3.12. The number of hydrogen-bond donors (Lipinski definition) is 1. The Morgan fingerprint density at radius 3 is 2.81 bits per heavy atom. The van der Waals surface area contributed by atoms with E-state index in [-0.39, 0.29) is 6.61 Å². The number of hydrogen-bond acceptors (Lipinski definition) is 2. The first kappa shape index (κ1) is 11.7. The number of ether oxygens (including phenoxy) is 1. The molecule has 0 atom stereocenters. The molecule has 1 aliphatic rings. The van der Waals surface area contributed by atoms with Crippen LogP contribution in [-0.4, -0.2) is 18.3 Å². The highest BCUT2D eigenvalue weighted by molar-refractivity contribution is 6.32. The fraction of sp³-hybridized carbons (Fsp3) is 0.538. The Balaban J connectivity index is 2.16. The molecule has 0 radical (unpaired) electrons. The molecule has 2 nitrogen and oxygen atoms in total. The van der Waals surface area contributed by atoms with Gasteiger partial charge in [0.2, 0.25) is 0 Å². The van der Waals surface area contributed by atoms with Crippen molar-refractivity contribution in [2.24, 2.45) is 5.92 Å². The standard InChI is InChI=1S/C13H17ClO2/c1-9-6-11(4-5-15)13(12(14)7-9)16-8-10-2-3-10/h6-7,10,15H,2-5,8H2,1H3. The zero-order chi connectivity index (χ0) is 11.5. The summed E-state index contributed by atoms with van der Waals surface area (Å²) in [4.78, 5) is 0. The van der Waals surface area contributed by atoms with Gasteiger partial charge in [-0.15, -0.1) is 0 Å². The first-order chi connectivity index (χ1) is 7.70. The maximum Gasteiger partial charge on any atom is 0.141 e. The van der Waals surface area contributed by atoms with Crippen molar-refractivity contribution >= 4 is 11.6 Å². The molecule has 0 aliphatic heterocycles. The smallest absolute Gasteiger partial charge is 0.141 e. The van der Waals surface area contributed by atoms with Crippen LogP contribution < -0.4 is 4.74 Å². The van der Waals surface area contributed by atoms with E-state index in [1.54, 1.807) is 0 Å². The fourth-order valence-corrected chi connectivity index (χ4v) is 2.10. The van der Waals surface area contributed by atoms with Crippen molar-refractivity contribution in [3.8, 4) is 5.75 Å². The fourth-order valence-electron chi connectivity index (χ4n) is 1.75. The van der Waals surface area contributed by atoms with Crippen molar-refractivity contribution in [3.63, 3.8) is 0 Å². The van der Waals surface area contributed by atoms with E-state index in [0.717, 1.165) is 23.5 Å². The number of benzene rings is 1. The SMILES string of the molecule is Cc1cc(Cl)c(OCC2CC2)c(CCO)c1. The molecule has 88 valence electrons. The molecule has 1 aromatic carbocycles. The molecular weight excluding hydrogens is 224 g/mol. The van der Waals surface area contributed by atoms with Crippen LogP contribution in [0.2, 0.25) is 5.02 Å². The lowest BCUT2D eigenvalue weighted by Gasteiger charge is -2.13. The van der Waals surface area contributed by atoms with Gasteiger partial charge in [0, 0.05) is 6.61 Å². The quantitative estimate of drug-likeness (QED) is 0.858. The van der Waals surface area contributed by atoms with Crippen molar-refractivity contribution in [2.75, 3.05) is 13.2 Å². The van der Waals surface area contributed by atoms with Crippen LogP contribution in [-0.2, 0) is 6.42 Å². The second-order valence-electron chi connectivity index (χ2n) is 4.46. The van der Waals surface area contributed by atoms with E-state index in [0.29, 0.717) is 17.4 Å². The molecule has 0 spiro atoms. The van der Waals surface area contributed by atoms with E-state index >= 15 is 0 Å². The van der Waals surface area contributed by atoms with Gasteiger partial charge in [-0.25, -0.2) is 0 Å². The minimum absolute atomic E-state index is 0.125. The lowest BCUT2D eigenvalue weighted by Crippen LogP contribution is -2.04. The Hall–Kier alpha value is -0.730. The van der Waals surface area contributed by atoms with Gasteiger partial charge in [0.15, 0.2) is 0 Å². The molecule has 3 heteroatoms. The maximum absolute atomic E-state index is 9.02. The Morgan fingerprint density at radius 2 is 2.19 bits per heavy atom. The molecule has 0 saturated heterocycles. The average molecular weight is 241 g/mol. The summed E-state index contributed by atoms with van der Waals surface area (Å²) >= 11 is 6.17. The Bertz CT molecular complexity index is 372. The first-order valence-corrected chi connectivity index (χ1v) is 6.11. The maximum atomic E-state index is 9.02. The van der Waals surface area contributed by atoms with Crippen LogP contribution in [0.15, 0.2) is 12.1 Å². The topological polar surface area (TPSA) is 29.5 Å². The van der Waals surface area contributed by atoms with Gasteiger partial charge < -0.3 is 9.84 Å². The van der Waals surface area contributed by atoms with Gasteiger partial charge in [-0.3, -0.25) is 0 Å². The molecular formula is C13H17ClO2. The second-order valence-corrected chi connectivity index (χ2v) is 4.87. The monoisotopic (exact) mass is 240 g/mol. The number of rotatable bonds is 5. The van der Waals surface area contributed by atoms with Crippen LogP contribution >= 0.6 is 11.6 Å². The highest BCUT2D eigenvalue weighted by Gasteiger charge is 2.23. The third-order valence-electron chi connectivity index (χ3n) is 2.81. The number of halogens is 1. The molecule has 0 aromatic heterocycles. The first-order valence-electron chi connectivity index (χ1n) is 5.73. The van der Waals surface area contributed by atoms with E-state index in [2.05, 4.69) is 0 Å². The molecule has 1 N–H and O–H groups in total. The summed E-state index contributed by atoms with van der Waals surface area (Å²) in [5.74, 6) is 1.47. The average Bonchev–Trinajstić information content (AvgIpc) is 3.00. The lowest BCUT2D eigenvalue weighted by molar-refractivity contribution is 0.281. The Kier molecular flexibility index (Phi) is 3.72. The predicted octanol–water partition coefficient (Wildman–Crippen LogP) is 2.97. The summed E-state index contributed by atoms with van der Waals surface area (Å²) in [5.41, 5.74) is 2.11. The van der Waals surface area contributed by atoms with Crippen molar-refractivity contribution < 1.29 is 9.84 Å². The van der Waals surface area contributed by atoms with Gasteiger partial charge in [0.1, 0.15) is 5.75 Å². The third-order valence-corrected chi connectivity index (χ3v) is 3.09. The van der Waals surface area contributed by atoms with Crippen molar-refractivity contribution in [2.45, 2.75) is 26.2 Å². The number of aliphatic hydroxyl groups is 1. The van der Waals surface area contributed by atoms with Crippen LogP contribution in [0.4, 0.5) is 0 Å².